The Balaban J connectivity index is 1.94. The standard InChI is InChI=1S/C14H20N4/c1-14(2,3)17-10-12-9-16-13(18-12)7-11-5-4-6-15-8-11/h4-6,8-9,17H,7,10H2,1-3H3,(H,16,18). The van der Waals surface area contributed by atoms with Crippen molar-refractivity contribution >= 4 is 0 Å². The van der Waals surface area contributed by atoms with Crippen molar-refractivity contribution in [3.63, 3.8) is 0 Å². The first-order valence-corrected chi connectivity index (χ1v) is 6.20. The minimum Gasteiger partial charge on any atom is -0.345 e. The lowest BCUT2D eigenvalue weighted by Crippen LogP contribution is -2.35. The Labute approximate surface area is 108 Å². The van der Waals surface area contributed by atoms with E-state index in [-0.39, 0.29) is 5.54 Å². The molecule has 2 N–H and O–H groups in total. The average Bonchev–Trinajstić information content (AvgIpc) is 2.75. The van der Waals surface area contributed by atoms with Gasteiger partial charge in [0.15, 0.2) is 0 Å². The smallest absolute Gasteiger partial charge is 0.110 e. The van der Waals surface area contributed by atoms with E-state index in [4.69, 9.17) is 0 Å². The van der Waals surface area contributed by atoms with Crippen LogP contribution in [0.1, 0.15) is 37.9 Å². The highest BCUT2D eigenvalue weighted by Crippen LogP contribution is 2.06. The maximum absolute atomic E-state index is 4.39. The number of imidazole rings is 1. The van der Waals surface area contributed by atoms with Gasteiger partial charge in [-0.2, -0.15) is 0 Å². The fourth-order valence-corrected chi connectivity index (χ4v) is 1.64. The summed E-state index contributed by atoms with van der Waals surface area (Å²) in [5.41, 5.74) is 2.40. The van der Waals surface area contributed by atoms with E-state index >= 15 is 0 Å². The number of rotatable bonds is 4. The summed E-state index contributed by atoms with van der Waals surface area (Å²) in [4.78, 5) is 11.8. The van der Waals surface area contributed by atoms with Gasteiger partial charge in [0.2, 0.25) is 0 Å². The van der Waals surface area contributed by atoms with Gasteiger partial charge in [-0.1, -0.05) is 6.07 Å². The molecule has 0 aliphatic carbocycles. The SMILES string of the molecule is CC(C)(C)NCc1cnc(Cc2cccnc2)[nH]1. The molecular weight excluding hydrogens is 224 g/mol. The Hall–Kier alpha value is -1.68. The van der Waals surface area contributed by atoms with Gasteiger partial charge in [-0.3, -0.25) is 4.98 Å². The molecule has 0 unspecified atom stereocenters. The van der Waals surface area contributed by atoms with Crippen molar-refractivity contribution in [1.29, 1.82) is 0 Å². The topological polar surface area (TPSA) is 53.6 Å². The van der Waals surface area contributed by atoms with Gasteiger partial charge in [-0.25, -0.2) is 4.98 Å². The van der Waals surface area contributed by atoms with Gasteiger partial charge in [0.1, 0.15) is 5.82 Å². The molecule has 2 aromatic heterocycles. The molecule has 2 rings (SSSR count). The molecule has 18 heavy (non-hydrogen) atoms. The van der Waals surface area contributed by atoms with E-state index in [1.54, 1.807) is 6.20 Å². The van der Waals surface area contributed by atoms with Crippen molar-refractivity contribution < 1.29 is 0 Å². The summed E-state index contributed by atoms with van der Waals surface area (Å²) in [6, 6.07) is 4.00. The van der Waals surface area contributed by atoms with Crippen molar-refractivity contribution in [3.05, 3.63) is 47.8 Å². The van der Waals surface area contributed by atoms with Gasteiger partial charge in [0.05, 0.1) is 0 Å². The predicted octanol–water partition coefficient (Wildman–Crippen LogP) is 2.28. The number of aromatic nitrogens is 3. The molecule has 4 heteroatoms. The average molecular weight is 244 g/mol. The molecule has 0 atom stereocenters. The zero-order valence-electron chi connectivity index (χ0n) is 11.2. The fraction of sp³-hybridized carbons (Fsp3) is 0.429. The number of H-pyrrole nitrogens is 1. The minimum absolute atomic E-state index is 0.120. The number of hydrogen-bond acceptors (Lipinski definition) is 3. The molecule has 4 nitrogen and oxygen atoms in total. The van der Waals surface area contributed by atoms with Crippen LogP contribution < -0.4 is 5.32 Å². The third kappa shape index (κ3) is 3.96. The minimum atomic E-state index is 0.120. The summed E-state index contributed by atoms with van der Waals surface area (Å²) in [5, 5.41) is 3.43. The molecule has 0 bridgehead atoms. The normalized spacial score (nSPS) is 11.7. The lowest BCUT2D eigenvalue weighted by atomic mass is 10.1. The molecule has 0 spiro atoms. The summed E-state index contributed by atoms with van der Waals surface area (Å²) in [6.45, 7) is 7.27. The molecule has 2 aromatic rings. The number of hydrogen-bond donors (Lipinski definition) is 2. The Morgan fingerprint density at radius 1 is 1.28 bits per heavy atom. The van der Waals surface area contributed by atoms with Crippen LogP contribution in [0.25, 0.3) is 0 Å². The second kappa shape index (κ2) is 5.31. The maximum atomic E-state index is 4.39. The highest BCUT2D eigenvalue weighted by molar-refractivity contribution is 5.15. The zero-order valence-corrected chi connectivity index (χ0v) is 11.2. The fourth-order valence-electron chi connectivity index (χ4n) is 1.64. The summed E-state index contributed by atoms with van der Waals surface area (Å²) in [5.74, 6) is 0.980. The molecule has 0 saturated carbocycles. The summed E-state index contributed by atoms with van der Waals surface area (Å²) in [6.07, 6.45) is 6.34. The van der Waals surface area contributed by atoms with Crippen LogP contribution >= 0.6 is 0 Å². The van der Waals surface area contributed by atoms with E-state index in [0.29, 0.717) is 0 Å². The van der Waals surface area contributed by atoms with Crippen molar-refractivity contribution in [2.24, 2.45) is 0 Å². The van der Waals surface area contributed by atoms with Crippen molar-refractivity contribution in [3.8, 4) is 0 Å². The van der Waals surface area contributed by atoms with Crippen molar-refractivity contribution in [2.75, 3.05) is 0 Å². The molecule has 0 radical (unpaired) electrons. The van der Waals surface area contributed by atoms with Gasteiger partial charge in [0, 0.05) is 42.8 Å². The second-order valence-corrected chi connectivity index (χ2v) is 5.50. The van der Waals surface area contributed by atoms with Crippen LogP contribution in [0.4, 0.5) is 0 Å². The molecule has 0 saturated heterocycles. The predicted molar refractivity (Wildman–Crippen MR) is 72.2 cm³/mol. The monoisotopic (exact) mass is 244 g/mol. The van der Waals surface area contributed by atoms with Gasteiger partial charge in [-0.05, 0) is 32.4 Å². The van der Waals surface area contributed by atoms with Gasteiger partial charge < -0.3 is 10.3 Å². The second-order valence-electron chi connectivity index (χ2n) is 5.50. The van der Waals surface area contributed by atoms with Gasteiger partial charge >= 0.3 is 0 Å². The number of nitrogens with zero attached hydrogens (tertiary/aromatic N) is 2. The largest absolute Gasteiger partial charge is 0.345 e. The van der Waals surface area contributed by atoms with E-state index in [9.17, 15) is 0 Å². The first-order valence-electron chi connectivity index (χ1n) is 6.20. The molecule has 0 fully saturated rings. The lowest BCUT2D eigenvalue weighted by molar-refractivity contribution is 0.421. The molecule has 0 amide bonds. The van der Waals surface area contributed by atoms with Crippen molar-refractivity contribution in [1.82, 2.24) is 20.3 Å². The van der Waals surface area contributed by atoms with E-state index in [0.717, 1.165) is 24.5 Å². The highest BCUT2D eigenvalue weighted by atomic mass is 15.0. The van der Waals surface area contributed by atoms with Crippen LogP contribution in [-0.4, -0.2) is 20.5 Å². The molecular formula is C14H20N4. The van der Waals surface area contributed by atoms with Crippen LogP contribution in [0.2, 0.25) is 0 Å². The Bertz CT molecular complexity index is 482. The van der Waals surface area contributed by atoms with E-state index < -0.39 is 0 Å². The first-order chi connectivity index (χ1) is 8.53. The third-order valence-corrected chi connectivity index (χ3v) is 2.58. The van der Waals surface area contributed by atoms with E-state index in [1.165, 1.54) is 5.56 Å². The Morgan fingerprint density at radius 2 is 2.11 bits per heavy atom. The summed E-state index contributed by atoms with van der Waals surface area (Å²) in [7, 11) is 0. The molecule has 0 aliphatic rings. The maximum Gasteiger partial charge on any atom is 0.110 e. The zero-order chi connectivity index (χ0) is 13.0. The lowest BCUT2D eigenvalue weighted by Gasteiger charge is -2.19. The van der Waals surface area contributed by atoms with Crippen LogP contribution in [0.5, 0.6) is 0 Å². The van der Waals surface area contributed by atoms with E-state index in [2.05, 4.69) is 47.1 Å². The number of pyridine rings is 1. The van der Waals surface area contributed by atoms with E-state index in [1.807, 2.05) is 18.5 Å². The van der Waals surface area contributed by atoms with Crippen molar-refractivity contribution in [2.45, 2.75) is 39.3 Å². The third-order valence-electron chi connectivity index (χ3n) is 2.58. The number of aromatic amines is 1. The Kier molecular flexibility index (Phi) is 3.77. The first kappa shape index (κ1) is 12.8. The number of nitrogens with one attached hydrogen (secondary N) is 2. The summed E-state index contributed by atoms with van der Waals surface area (Å²) >= 11 is 0. The molecule has 0 aliphatic heterocycles. The molecule has 96 valence electrons. The molecule has 2 heterocycles. The van der Waals surface area contributed by atoms with Crippen LogP contribution in [0.3, 0.4) is 0 Å². The van der Waals surface area contributed by atoms with Gasteiger partial charge in [-0.15, -0.1) is 0 Å². The van der Waals surface area contributed by atoms with Crippen LogP contribution in [-0.2, 0) is 13.0 Å². The Morgan fingerprint density at radius 3 is 2.78 bits per heavy atom. The van der Waals surface area contributed by atoms with Crippen LogP contribution in [0, 0.1) is 0 Å². The molecule has 0 aromatic carbocycles. The quantitative estimate of drug-likeness (QED) is 0.867. The summed E-state index contributed by atoms with van der Waals surface area (Å²) < 4.78 is 0. The van der Waals surface area contributed by atoms with Crippen LogP contribution in [0.15, 0.2) is 30.7 Å². The van der Waals surface area contributed by atoms with Gasteiger partial charge in [0.25, 0.3) is 0 Å². The highest BCUT2D eigenvalue weighted by Gasteiger charge is 2.09.